The van der Waals surface area contributed by atoms with Gasteiger partial charge in [0.15, 0.2) is 0 Å². The smallest absolute Gasteiger partial charge is 0.205 e. The van der Waals surface area contributed by atoms with Crippen LogP contribution in [0.3, 0.4) is 0 Å². The molecule has 0 radical (unpaired) electrons. The van der Waals surface area contributed by atoms with E-state index < -0.39 is 0 Å². The van der Waals surface area contributed by atoms with Crippen molar-refractivity contribution in [3.05, 3.63) is 35.7 Å². The van der Waals surface area contributed by atoms with Crippen LogP contribution in [0.15, 0.2) is 30.0 Å². The second kappa shape index (κ2) is 3.51. The van der Waals surface area contributed by atoms with Gasteiger partial charge < -0.3 is 5.11 Å². The first-order valence-corrected chi connectivity index (χ1v) is 5.10. The largest absolute Gasteiger partial charge is 0.513 e. The van der Waals surface area contributed by atoms with Crippen molar-refractivity contribution in [2.24, 2.45) is 0 Å². The first-order valence-electron chi connectivity index (χ1n) is 5.10. The predicted octanol–water partition coefficient (Wildman–Crippen LogP) is 1.59. The molecule has 0 spiro atoms. The van der Waals surface area contributed by atoms with Crippen molar-refractivity contribution in [1.29, 1.82) is 0 Å². The molecule has 0 unspecified atom stereocenters. The van der Waals surface area contributed by atoms with E-state index >= 15 is 0 Å². The van der Waals surface area contributed by atoms with Gasteiger partial charge in [-0.15, -0.1) is 5.10 Å². The zero-order valence-electron chi connectivity index (χ0n) is 9.07. The highest BCUT2D eigenvalue weighted by Crippen LogP contribution is 2.16. The molecule has 0 aliphatic heterocycles. The third-order valence-electron chi connectivity index (χ3n) is 2.40. The van der Waals surface area contributed by atoms with Crippen LogP contribution in [0.4, 0.5) is 0 Å². The van der Waals surface area contributed by atoms with Crippen molar-refractivity contribution in [3.63, 3.8) is 0 Å². The van der Waals surface area contributed by atoms with Crippen LogP contribution in [-0.2, 0) is 0 Å². The van der Waals surface area contributed by atoms with Crippen LogP contribution in [0.25, 0.3) is 22.8 Å². The van der Waals surface area contributed by atoms with Crippen molar-refractivity contribution in [3.8, 4) is 0 Å². The summed E-state index contributed by atoms with van der Waals surface area (Å²) in [5.41, 5.74) is 2.69. The number of tetrazole rings is 1. The van der Waals surface area contributed by atoms with E-state index in [4.69, 9.17) is 0 Å². The molecule has 0 fully saturated rings. The number of aliphatic hydroxyl groups is 1. The zero-order valence-corrected chi connectivity index (χ0v) is 9.07. The van der Waals surface area contributed by atoms with E-state index in [2.05, 4.69) is 20.5 Å². The first kappa shape index (κ1) is 9.71. The van der Waals surface area contributed by atoms with Gasteiger partial charge in [-0.1, -0.05) is 12.1 Å². The summed E-state index contributed by atoms with van der Waals surface area (Å²) in [6, 6.07) is 7.56. The molecule has 2 heterocycles. The molecule has 84 valence electrons. The van der Waals surface area contributed by atoms with Crippen molar-refractivity contribution >= 4 is 22.8 Å². The van der Waals surface area contributed by atoms with Crippen molar-refractivity contribution in [1.82, 2.24) is 25.0 Å². The molecule has 0 saturated carbocycles. The Hall–Kier alpha value is -2.50. The molecule has 17 heavy (non-hydrogen) atoms. The van der Waals surface area contributed by atoms with Crippen LogP contribution in [0.1, 0.15) is 12.6 Å². The van der Waals surface area contributed by atoms with Crippen LogP contribution >= 0.6 is 0 Å². The Kier molecular flexibility index (Phi) is 2.01. The van der Waals surface area contributed by atoms with E-state index in [1.165, 1.54) is 6.08 Å². The SMILES string of the molecule is CC(O)=Cc1nc2ccccc2n2nnnc12. The van der Waals surface area contributed by atoms with Gasteiger partial charge in [-0.25, -0.2) is 4.98 Å². The number of nitrogens with zero attached hydrogens (tertiary/aromatic N) is 5. The van der Waals surface area contributed by atoms with Crippen LogP contribution in [0.2, 0.25) is 0 Å². The van der Waals surface area contributed by atoms with Crippen LogP contribution in [0, 0.1) is 0 Å². The third-order valence-corrected chi connectivity index (χ3v) is 2.40. The highest BCUT2D eigenvalue weighted by molar-refractivity contribution is 5.80. The molecule has 3 aromatic rings. The lowest BCUT2D eigenvalue weighted by Gasteiger charge is -2.01. The lowest BCUT2D eigenvalue weighted by Crippen LogP contribution is -1.97. The number of para-hydroxylation sites is 2. The number of aromatic nitrogens is 5. The summed E-state index contributed by atoms with van der Waals surface area (Å²) in [5.74, 6) is 0.165. The molecular weight excluding hydrogens is 218 g/mol. The van der Waals surface area contributed by atoms with Crippen molar-refractivity contribution < 1.29 is 5.11 Å². The van der Waals surface area contributed by atoms with Crippen molar-refractivity contribution in [2.75, 3.05) is 0 Å². The van der Waals surface area contributed by atoms with Gasteiger partial charge in [-0.3, -0.25) is 0 Å². The molecule has 1 N–H and O–H groups in total. The lowest BCUT2D eigenvalue weighted by molar-refractivity contribution is 0.419. The molecule has 0 aliphatic carbocycles. The summed E-state index contributed by atoms with van der Waals surface area (Å²) in [4.78, 5) is 4.42. The van der Waals surface area contributed by atoms with E-state index in [0.29, 0.717) is 11.3 Å². The molecule has 0 bridgehead atoms. The summed E-state index contributed by atoms with van der Waals surface area (Å²) in [5, 5.41) is 20.8. The predicted molar refractivity (Wildman–Crippen MR) is 62.4 cm³/mol. The Bertz CT molecular complexity index is 727. The Morgan fingerprint density at radius 1 is 1.35 bits per heavy atom. The number of allylic oxidation sites excluding steroid dienone is 1. The maximum Gasteiger partial charge on any atom is 0.205 e. The van der Waals surface area contributed by atoms with Gasteiger partial charge in [0.05, 0.1) is 16.8 Å². The Morgan fingerprint density at radius 2 is 2.18 bits per heavy atom. The quantitative estimate of drug-likeness (QED) is 0.639. The second-order valence-electron chi connectivity index (χ2n) is 3.69. The fourth-order valence-electron chi connectivity index (χ4n) is 1.72. The van der Waals surface area contributed by atoms with Gasteiger partial charge in [-0.05, 0) is 29.5 Å². The number of fused-ring (bicyclic) bond motifs is 3. The van der Waals surface area contributed by atoms with E-state index in [9.17, 15) is 5.11 Å². The van der Waals surface area contributed by atoms with Crippen LogP contribution in [-0.4, -0.2) is 30.1 Å². The molecule has 2 aromatic heterocycles. The van der Waals surface area contributed by atoms with Crippen molar-refractivity contribution in [2.45, 2.75) is 6.92 Å². The summed E-state index contributed by atoms with van der Waals surface area (Å²) in [6.07, 6.45) is 1.54. The van der Waals surface area contributed by atoms with Gasteiger partial charge in [0, 0.05) is 6.08 Å². The van der Waals surface area contributed by atoms with E-state index in [1.807, 2.05) is 24.3 Å². The minimum atomic E-state index is 0.165. The van der Waals surface area contributed by atoms with Crippen LogP contribution < -0.4 is 0 Å². The Labute approximate surface area is 96.2 Å². The highest BCUT2D eigenvalue weighted by atomic mass is 16.3. The van der Waals surface area contributed by atoms with E-state index in [-0.39, 0.29) is 5.76 Å². The van der Waals surface area contributed by atoms with Gasteiger partial charge in [0.1, 0.15) is 5.69 Å². The van der Waals surface area contributed by atoms with E-state index in [1.54, 1.807) is 11.4 Å². The molecular formula is C11H9N5O. The minimum absolute atomic E-state index is 0.165. The number of hydrogen-bond donors (Lipinski definition) is 1. The molecule has 6 heteroatoms. The topological polar surface area (TPSA) is 76.2 Å². The third kappa shape index (κ3) is 1.50. The maximum absolute atomic E-state index is 9.32. The maximum atomic E-state index is 9.32. The molecule has 0 aliphatic rings. The van der Waals surface area contributed by atoms with Crippen LogP contribution in [0.5, 0.6) is 0 Å². The monoisotopic (exact) mass is 227 g/mol. The average molecular weight is 227 g/mol. The fourth-order valence-corrected chi connectivity index (χ4v) is 1.72. The molecule has 1 aromatic carbocycles. The van der Waals surface area contributed by atoms with Gasteiger partial charge in [0.25, 0.3) is 0 Å². The Morgan fingerprint density at radius 3 is 3.00 bits per heavy atom. The number of rotatable bonds is 1. The van der Waals surface area contributed by atoms with Gasteiger partial charge >= 0.3 is 0 Å². The normalized spacial score (nSPS) is 12.4. The number of hydrogen-bond acceptors (Lipinski definition) is 5. The second-order valence-corrected chi connectivity index (χ2v) is 3.69. The Balaban J connectivity index is 2.48. The van der Waals surface area contributed by atoms with Gasteiger partial charge in [0.2, 0.25) is 5.65 Å². The standard InChI is InChI=1S/C11H9N5O/c1-7(17)6-9-11-13-14-15-16(11)10-5-3-2-4-8(10)12-9/h2-6,17H,1H3. The number of benzene rings is 1. The molecule has 6 nitrogen and oxygen atoms in total. The molecule has 0 atom stereocenters. The minimum Gasteiger partial charge on any atom is -0.513 e. The summed E-state index contributed by atoms with van der Waals surface area (Å²) < 4.78 is 1.61. The molecule has 0 saturated heterocycles. The summed E-state index contributed by atoms with van der Waals surface area (Å²) in [7, 11) is 0. The fraction of sp³-hybridized carbons (Fsp3) is 0.0909. The molecule has 3 rings (SSSR count). The number of aliphatic hydroxyl groups excluding tert-OH is 1. The first-order chi connectivity index (χ1) is 8.25. The zero-order chi connectivity index (χ0) is 11.8. The molecule has 0 amide bonds. The summed E-state index contributed by atoms with van der Waals surface area (Å²) in [6.45, 7) is 1.58. The lowest BCUT2D eigenvalue weighted by atomic mass is 10.2. The highest BCUT2D eigenvalue weighted by Gasteiger charge is 2.09. The average Bonchev–Trinajstić information content (AvgIpc) is 2.78. The van der Waals surface area contributed by atoms with E-state index in [0.717, 1.165) is 11.0 Å². The van der Waals surface area contributed by atoms with Gasteiger partial charge in [-0.2, -0.15) is 4.52 Å². The summed E-state index contributed by atoms with van der Waals surface area (Å²) >= 11 is 0.